The largest absolute Gasteiger partial charge is 0.508 e. The zero-order valence-corrected chi connectivity index (χ0v) is 18.8. The van der Waals surface area contributed by atoms with E-state index in [1.54, 1.807) is 24.3 Å². The third kappa shape index (κ3) is 5.10. The van der Waals surface area contributed by atoms with Crippen LogP contribution in [0.4, 0.5) is 4.39 Å². The van der Waals surface area contributed by atoms with Crippen molar-refractivity contribution in [3.8, 4) is 27.7 Å². The highest BCUT2D eigenvalue weighted by Crippen LogP contribution is 2.47. The highest BCUT2D eigenvalue weighted by atomic mass is 32.1. The quantitative estimate of drug-likeness (QED) is 0.213. The molecule has 3 aromatic carbocycles. The van der Waals surface area contributed by atoms with Gasteiger partial charge in [0, 0.05) is 23.1 Å². The van der Waals surface area contributed by atoms with E-state index in [1.807, 2.05) is 37.3 Å². The number of halogens is 1. The Morgan fingerprint density at radius 1 is 1.03 bits per heavy atom. The predicted molar refractivity (Wildman–Crippen MR) is 131 cm³/mol. The Bertz CT molecular complexity index is 1390. The molecule has 0 aliphatic rings. The summed E-state index contributed by atoms with van der Waals surface area (Å²) in [6.07, 6.45) is 3.19. The van der Waals surface area contributed by atoms with Crippen LogP contribution in [0.25, 0.3) is 26.6 Å². The summed E-state index contributed by atoms with van der Waals surface area (Å²) >= 11 is 1.48. The maximum atomic E-state index is 13.7. The number of phenolic OH excluding ortho intramolecular Hbond substituents is 1. The fourth-order valence-electron chi connectivity index (χ4n) is 3.36. The van der Waals surface area contributed by atoms with Gasteiger partial charge in [0.1, 0.15) is 17.3 Å². The molecule has 1 aromatic heterocycles. The van der Waals surface area contributed by atoms with Crippen molar-refractivity contribution in [1.82, 2.24) is 0 Å². The number of thiophene rings is 1. The van der Waals surface area contributed by atoms with Crippen LogP contribution < -0.4 is 4.74 Å². The minimum Gasteiger partial charge on any atom is -0.508 e. The van der Waals surface area contributed by atoms with Gasteiger partial charge in [-0.05, 0) is 72.2 Å². The van der Waals surface area contributed by atoms with E-state index < -0.39 is 0 Å². The summed E-state index contributed by atoms with van der Waals surface area (Å²) in [5.74, 6) is 0.969. The standard InChI is InChI=1S/C26H21FN2O3S/c1-15-13-18(27)6-10-21(15)26-25(22-11-7-19(30)14-23(22)33-26)32-20-8-3-17(4-9-20)5-12-24(29)31-16(2)28/h3-14,28-30H,1-2H3/b12-5+,28-16?,29-24?. The van der Waals surface area contributed by atoms with Gasteiger partial charge in [-0.15, -0.1) is 11.3 Å². The molecule has 0 aliphatic carbocycles. The molecule has 0 bridgehead atoms. The lowest BCUT2D eigenvalue weighted by atomic mass is 10.1. The van der Waals surface area contributed by atoms with Crippen LogP contribution in [0.2, 0.25) is 0 Å². The van der Waals surface area contributed by atoms with Crippen molar-refractivity contribution in [3.63, 3.8) is 0 Å². The molecular weight excluding hydrogens is 439 g/mol. The fraction of sp³-hybridized carbons (Fsp3) is 0.0769. The van der Waals surface area contributed by atoms with Crippen molar-refractivity contribution in [2.45, 2.75) is 13.8 Å². The van der Waals surface area contributed by atoms with E-state index in [0.29, 0.717) is 11.5 Å². The van der Waals surface area contributed by atoms with Crippen LogP contribution in [0.15, 0.2) is 66.7 Å². The van der Waals surface area contributed by atoms with Gasteiger partial charge in [0.25, 0.3) is 0 Å². The van der Waals surface area contributed by atoms with E-state index in [9.17, 15) is 9.50 Å². The molecule has 0 amide bonds. The lowest BCUT2D eigenvalue weighted by molar-refractivity contribution is 0.476. The third-order valence-corrected chi connectivity index (χ3v) is 6.02. The molecule has 0 atom stereocenters. The van der Waals surface area contributed by atoms with Crippen molar-refractivity contribution in [1.29, 1.82) is 10.8 Å². The lowest BCUT2D eigenvalue weighted by Crippen LogP contribution is -2.03. The van der Waals surface area contributed by atoms with E-state index >= 15 is 0 Å². The van der Waals surface area contributed by atoms with Gasteiger partial charge in [-0.1, -0.05) is 18.2 Å². The first-order valence-electron chi connectivity index (χ1n) is 10.1. The van der Waals surface area contributed by atoms with Gasteiger partial charge in [-0.2, -0.15) is 0 Å². The second-order valence-electron chi connectivity index (χ2n) is 7.43. The van der Waals surface area contributed by atoms with Crippen LogP contribution in [0.5, 0.6) is 17.2 Å². The second kappa shape index (κ2) is 9.26. The molecule has 166 valence electrons. The van der Waals surface area contributed by atoms with Crippen molar-refractivity contribution >= 4 is 39.3 Å². The fourth-order valence-corrected chi connectivity index (χ4v) is 4.61. The molecule has 3 N–H and O–H groups in total. The normalized spacial score (nSPS) is 11.1. The zero-order chi connectivity index (χ0) is 23.5. The van der Waals surface area contributed by atoms with Crippen molar-refractivity contribution in [3.05, 3.63) is 83.7 Å². The van der Waals surface area contributed by atoms with Crippen LogP contribution in [0.3, 0.4) is 0 Å². The van der Waals surface area contributed by atoms with Crippen LogP contribution in [0, 0.1) is 23.6 Å². The minimum atomic E-state index is -0.296. The van der Waals surface area contributed by atoms with Gasteiger partial charge >= 0.3 is 0 Å². The van der Waals surface area contributed by atoms with Gasteiger partial charge in [0.15, 0.2) is 11.6 Å². The molecule has 0 radical (unpaired) electrons. The number of rotatable bonds is 5. The number of hydrogen-bond acceptors (Lipinski definition) is 6. The van der Waals surface area contributed by atoms with E-state index in [4.69, 9.17) is 20.3 Å². The smallest absolute Gasteiger partial charge is 0.213 e. The molecule has 0 aliphatic heterocycles. The Morgan fingerprint density at radius 2 is 1.79 bits per heavy atom. The summed E-state index contributed by atoms with van der Waals surface area (Å²) in [6.45, 7) is 3.32. The summed E-state index contributed by atoms with van der Waals surface area (Å²) in [6, 6.07) is 17.1. The Labute approximate surface area is 194 Å². The molecule has 0 fully saturated rings. The number of aryl methyl sites for hydroxylation is 1. The minimum absolute atomic E-state index is 0.0445. The molecule has 5 nitrogen and oxygen atoms in total. The van der Waals surface area contributed by atoms with Gasteiger partial charge in [-0.25, -0.2) is 4.39 Å². The number of ether oxygens (including phenoxy) is 2. The monoisotopic (exact) mass is 460 g/mol. The maximum Gasteiger partial charge on any atom is 0.213 e. The van der Waals surface area contributed by atoms with Gasteiger partial charge in [0.2, 0.25) is 5.90 Å². The topological polar surface area (TPSA) is 86.4 Å². The van der Waals surface area contributed by atoms with E-state index in [2.05, 4.69) is 0 Å². The van der Waals surface area contributed by atoms with Crippen LogP contribution in [0.1, 0.15) is 18.1 Å². The van der Waals surface area contributed by atoms with Crippen LogP contribution in [-0.2, 0) is 4.74 Å². The molecule has 1 heterocycles. The molecule has 4 aromatic rings. The average molecular weight is 461 g/mol. The van der Waals surface area contributed by atoms with Gasteiger partial charge < -0.3 is 14.6 Å². The van der Waals surface area contributed by atoms with E-state index in [1.165, 1.54) is 36.5 Å². The number of hydrogen-bond donors (Lipinski definition) is 3. The van der Waals surface area contributed by atoms with Crippen molar-refractivity contribution < 1.29 is 19.0 Å². The summed E-state index contributed by atoms with van der Waals surface area (Å²) in [5.41, 5.74) is 2.50. The number of fused-ring (bicyclic) bond motifs is 1. The Kier molecular flexibility index (Phi) is 6.24. The highest BCUT2D eigenvalue weighted by Gasteiger charge is 2.18. The summed E-state index contributed by atoms with van der Waals surface area (Å²) in [5, 5.41) is 25.7. The van der Waals surface area contributed by atoms with E-state index in [-0.39, 0.29) is 23.4 Å². The first kappa shape index (κ1) is 22.2. The molecule has 0 spiro atoms. The summed E-state index contributed by atoms with van der Waals surface area (Å²) in [4.78, 5) is 0.852. The molecule has 0 unspecified atom stereocenters. The Morgan fingerprint density at radius 3 is 2.48 bits per heavy atom. The number of benzene rings is 3. The number of aromatic hydroxyl groups is 1. The van der Waals surface area contributed by atoms with Crippen molar-refractivity contribution in [2.24, 2.45) is 0 Å². The SMILES string of the molecule is CC(=N)OC(=N)/C=C/c1ccc(Oc2c(-c3ccc(F)cc3C)sc3cc(O)ccc23)cc1. The highest BCUT2D eigenvalue weighted by molar-refractivity contribution is 7.22. The first-order valence-corrected chi connectivity index (χ1v) is 10.9. The first-order chi connectivity index (χ1) is 15.8. The molecular formula is C26H21FN2O3S. The zero-order valence-electron chi connectivity index (χ0n) is 18.0. The Hall–Kier alpha value is -3.97. The Balaban J connectivity index is 1.67. The molecule has 33 heavy (non-hydrogen) atoms. The predicted octanol–water partition coefficient (Wildman–Crippen LogP) is 7.52. The molecule has 0 saturated heterocycles. The average Bonchev–Trinajstić information content (AvgIpc) is 3.09. The molecule has 7 heteroatoms. The second-order valence-corrected chi connectivity index (χ2v) is 8.48. The van der Waals surface area contributed by atoms with Crippen molar-refractivity contribution in [2.75, 3.05) is 0 Å². The molecule has 0 saturated carbocycles. The van der Waals surface area contributed by atoms with Crippen LogP contribution >= 0.6 is 11.3 Å². The maximum absolute atomic E-state index is 13.7. The van der Waals surface area contributed by atoms with Gasteiger partial charge in [-0.3, -0.25) is 10.8 Å². The van der Waals surface area contributed by atoms with E-state index in [0.717, 1.165) is 31.7 Å². The number of nitrogens with one attached hydrogen (secondary N) is 2. The third-order valence-electron chi connectivity index (χ3n) is 4.85. The molecule has 4 rings (SSSR count). The summed E-state index contributed by atoms with van der Waals surface area (Å²) < 4.78 is 25.7. The number of phenols is 1. The van der Waals surface area contributed by atoms with Gasteiger partial charge in [0.05, 0.1) is 4.88 Å². The summed E-state index contributed by atoms with van der Waals surface area (Å²) in [7, 11) is 0. The van der Waals surface area contributed by atoms with Crippen LogP contribution in [-0.4, -0.2) is 16.9 Å². The lowest BCUT2D eigenvalue weighted by Gasteiger charge is -2.10.